The van der Waals surface area contributed by atoms with Crippen LogP contribution in [0.15, 0.2) is 0 Å². The van der Waals surface area contributed by atoms with E-state index in [0.717, 1.165) is 75.9 Å². The maximum absolute atomic E-state index is 13.6. The summed E-state index contributed by atoms with van der Waals surface area (Å²) in [5.41, 5.74) is -0.133. The molecule has 5 heteroatoms. The molecule has 0 aromatic carbocycles. The van der Waals surface area contributed by atoms with Crippen LogP contribution in [-0.4, -0.2) is 48.6 Å². The molecule has 2 unspecified atom stereocenters. The van der Waals surface area contributed by atoms with E-state index in [-0.39, 0.29) is 23.5 Å². The quantitative estimate of drug-likeness (QED) is 0.838. The molecule has 2 atom stereocenters. The fourth-order valence-electron chi connectivity index (χ4n) is 7.10. The number of amides is 2. The normalized spacial score (nSPS) is 43.8. The highest BCUT2D eigenvalue weighted by molar-refractivity contribution is 5.91. The Hall–Kier alpha value is -1.10. The molecule has 0 radical (unpaired) electrons. The Kier molecular flexibility index (Phi) is 4.26. The van der Waals surface area contributed by atoms with E-state index in [2.05, 4.69) is 5.32 Å². The van der Waals surface area contributed by atoms with Crippen molar-refractivity contribution in [1.29, 1.82) is 0 Å². The maximum Gasteiger partial charge on any atom is 0.242 e. The van der Waals surface area contributed by atoms with Crippen molar-refractivity contribution >= 4 is 11.8 Å². The third-order valence-electron chi connectivity index (χ3n) is 7.84. The van der Waals surface area contributed by atoms with Gasteiger partial charge in [0.1, 0.15) is 6.04 Å². The molecule has 26 heavy (non-hydrogen) atoms. The lowest BCUT2D eigenvalue weighted by Gasteiger charge is -2.56. The van der Waals surface area contributed by atoms with Crippen molar-refractivity contribution in [3.8, 4) is 0 Å². The highest BCUT2D eigenvalue weighted by Gasteiger charge is 2.56. The van der Waals surface area contributed by atoms with E-state index in [1.54, 1.807) is 0 Å². The zero-order valence-corrected chi connectivity index (χ0v) is 15.8. The molecule has 0 aromatic heterocycles. The van der Waals surface area contributed by atoms with Crippen LogP contribution < -0.4 is 5.32 Å². The largest absolute Gasteiger partial charge is 0.376 e. The molecule has 0 aromatic rings. The van der Waals surface area contributed by atoms with Gasteiger partial charge in [-0.2, -0.15) is 0 Å². The first-order valence-electron chi connectivity index (χ1n) is 10.8. The van der Waals surface area contributed by atoms with Crippen molar-refractivity contribution < 1.29 is 14.3 Å². The second-order valence-electron chi connectivity index (χ2n) is 9.73. The number of hydrogen-bond donors (Lipinski definition) is 1. The molecule has 4 aliphatic carbocycles. The van der Waals surface area contributed by atoms with Gasteiger partial charge >= 0.3 is 0 Å². The lowest BCUT2D eigenvalue weighted by atomic mass is 9.49. The Bertz CT molecular complexity index is 549. The van der Waals surface area contributed by atoms with Crippen LogP contribution in [0.1, 0.15) is 64.2 Å². The predicted octanol–water partition coefficient (Wildman–Crippen LogP) is 2.49. The molecule has 6 rings (SSSR count). The van der Waals surface area contributed by atoms with Gasteiger partial charge < -0.3 is 15.0 Å². The highest BCUT2D eigenvalue weighted by Crippen LogP contribution is 2.60. The van der Waals surface area contributed by atoms with Crippen LogP contribution >= 0.6 is 0 Å². The molecular formula is C21H32N2O3. The number of rotatable bonds is 4. The SMILES string of the molecule is O=C(NCC1CCCO1)C1CCCN1C(=O)C12CC3CC(CC(C3)C1)C2. The molecule has 2 saturated heterocycles. The first-order valence-corrected chi connectivity index (χ1v) is 10.8. The molecule has 6 aliphatic rings. The summed E-state index contributed by atoms with van der Waals surface area (Å²) < 4.78 is 5.61. The zero-order valence-electron chi connectivity index (χ0n) is 15.8. The summed E-state index contributed by atoms with van der Waals surface area (Å²) in [4.78, 5) is 28.3. The van der Waals surface area contributed by atoms with Crippen LogP contribution in [0.25, 0.3) is 0 Å². The number of hydrogen-bond acceptors (Lipinski definition) is 3. The zero-order chi connectivity index (χ0) is 17.7. The van der Waals surface area contributed by atoms with Gasteiger partial charge in [0, 0.05) is 19.7 Å². The van der Waals surface area contributed by atoms with Gasteiger partial charge in [-0.15, -0.1) is 0 Å². The lowest BCUT2D eigenvalue weighted by Crippen LogP contribution is -2.57. The van der Waals surface area contributed by atoms with E-state index >= 15 is 0 Å². The van der Waals surface area contributed by atoms with Gasteiger partial charge in [0.25, 0.3) is 0 Å². The summed E-state index contributed by atoms with van der Waals surface area (Å²) in [6.45, 7) is 2.16. The molecule has 6 fully saturated rings. The number of carbonyl (C=O) groups is 2. The minimum atomic E-state index is -0.253. The molecule has 144 valence electrons. The highest BCUT2D eigenvalue weighted by atomic mass is 16.5. The van der Waals surface area contributed by atoms with Gasteiger partial charge in [-0.05, 0) is 82.0 Å². The third-order valence-corrected chi connectivity index (χ3v) is 7.84. The van der Waals surface area contributed by atoms with Gasteiger partial charge in [-0.25, -0.2) is 0 Å². The monoisotopic (exact) mass is 360 g/mol. The second kappa shape index (κ2) is 6.50. The minimum Gasteiger partial charge on any atom is -0.376 e. The van der Waals surface area contributed by atoms with Crippen LogP contribution in [0.5, 0.6) is 0 Å². The fourth-order valence-corrected chi connectivity index (χ4v) is 7.10. The minimum absolute atomic E-state index is 0.0380. The van der Waals surface area contributed by atoms with Gasteiger partial charge in [-0.1, -0.05) is 0 Å². The van der Waals surface area contributed by atoms with Crippen LogP contribution in [0.2, 0.25) is 0 Å². The molecule has 4 saturated carbocycles. The summed E-state index contributed by atoms with van der Waals surface area (Å²) in [7, 11) is 0. The summed E-state index contributed by atoms with van der Waals surface area (Å²) in [5, 5.41) is 3.07. The third kappa shape index (κ3) is 2.87. The van der Waals surface area contributed by atoms with Crippen LogP contribution in [0.4, 0.5) is 0 Å². The Balaban J connectivity index is 1.26. The Morgan fingerprint density at radius 1 is 1.00 bits per heavy atom. The van der Waals surface area contributed by atoms with Crippen molar-refractivity contribution in [3.63, 3.8) is 0 Å². The van der Waals surface area contributed by atoms with Crippen molar-refractivity contribution in [2.24, 2.45) is 23.2 Å². The van der Waals surface area contributed by atoms with Gasteiger partial charge in [-0.3, -0.25) is 9.59 Å². The van der Waals surface area contributed by atoms with Crippen LogP contribution in [0, 0.1) is 23.2 Å². The summed E-state index contributed by atoms with van der Waals surface area (Å²) >= 11 is 0. The molecular weight excluding hydrogens is 328 g/mol. The standard InChI is InChI=1S/C21H32N2O3/c24-19(22-13-17-3-2-6-26-17)18-4-1-5-23(18)20(25)21-10-14-7-15(11-21)9-16(8-14)12-21/h14-18H,1-13H2,(H,22,24). The summed E-state index contributed by atoms with van der Waals surface area (Å²) in [6.07, 6.45) is 11.3. The average Bonchev–Trinajstić information content (AvgIpc) is 3.29. The smallest absolute Gasteiger partial charge is 0.242 e. The van der Waals surface area contributed by atoms with Crippen LogP contribution in [0.3, 0.4) is 0 Å². The number of likely N-dealkylation sites (tertiary alicyclic amines) is 1. The van der Waals surface area contributed by atoms with Crippen molar-refractivity contribution in [2.45, 2.75) is 76.4 Å². The molecule has 5 nitrogen and oxygen atoms in total. The molecule has 0 spiro atoms. The van der Waals surface area contributed by atoms with E-state index in [9.17, 15) is 9.59 Å². The van der Waals surface area contributed by atoms with Gasteiger partial charge in [0.2, 0.25) is 11.8 Å². The van der Waals surface area contributed by atoms with E-state index in [0.29, 0.717) is 12.5 Å². The average molecular weight is 360 g/mol. The topological polar surface area (TPSA) is 58.6 Å². The Morgan fingerprint density at radius 2 is 1.69 bits per heavy atom. The second-order valence-corrected chi connectivity index (χ2v) is 9.73. The number of carbonyl (C=O) groups excluding carboxylic acids is 2. The van der Waals surface area contributed by atoms with E-state index in [1.807, 2.05) is 4.90 Å². The van der Waals surface area contributed by atoms with E-state index in [4.69, 9.17) is 4.74 Å². The van der Waals surface area contributed by atoms with Crippen molar-refractivity contribution in [1.82, 2.24) is 10.2 Å². The van der Waals surface area contributed by atoms with Gasteiger partial charge in [0.05, 0.1) is 11.5 Å². The Labute approximate surface area is 156 Å². The lowest BCUT2D eigenvalue weighted by molar-refractivity contribution is -0.160. The first-order chi connectivity index (χ1) is 12.6. The van der Waals surface area contributed by atoms with Crippen LogP contribution in [-0.2, 0) is 14.3 Å². The number of nitrogens with zero attached hydrogens (tertiary/aromatic N) is 1. The summed E-state index contributed by atoms with van der Waals surface area (Å²) in [5.74, 6) is 2.64. The number of nitrogens with one attached hydrogen (secondary N) is 1. The molecule has 2 amide bonds. The van der Waals surface area contributed by atoms with Gasteiger partial charge in [0.15, 0.2) is 0 Å². The molecule has 1 N–H and O–H groups in total. The van der Waals surface area contributed by atoms with E-state index in [1.165, 1.54) is 19.3 Å². The van der Waals surface area contributed by atoms with E-state index < -0.39 is 0 Å². The molecule has 2 aliphatic heterocycles. The number of ether oxygens (including phenoxy) is 1. The molecule has 4 bridgehead atoms. The first kappa shape index (κ1) is 17.0. The molecule has 2 heterocycles. The fraction of sp³-hybridized carbons (Fsp3) is 0.905. The Morgan fingerprint density at radius 3 is 2.31 bits per heavy atom. The maximum atomic E-state index is 13.6. The summed E-state index contributed by atoms with van der Waals surface area (Å²) in [6, 6.07) is -0.253. The van der Waals surface area contributed by atoms with Crippen molar-refractivity contribution in [2.75, 3.05) is 19.7 Å². The predicted molar refractivity (Wildman–Crippen MR) is 97.3 cm³/mol. The van der Waals surface area contributed by atoms with Crippen molar-refractivity contribution in [3.05, 3.63) is 0 Å².